The molecule has 2 bridgehead atoms. The lowest BCUT2D eigenvalue weighted by Gasteiger charge is -2.47. The van der Waals surface area contributed by atoms with Gasteiger partial charge < -0.3 is 15.1 Å². The van der Waals surface area contributed by atoms with Crippen molar-refractivity contribution in [3.05, 3.63) is 59.5 Å². The number of nitrogens with one attached hydrogen (secondary N) is 2. The van der Waals surface area contributed by atoms with E-state index in [0.29, 0.717) is 12.1 Å². The maximum absolute atomic E-state index is 5.48. The molecule has 2 unspecified atom stereocenters. The van der Waals surface area contributed by atoms with E-state index in [1.165, 1.54) is 37.3 Å². The number of rotatable bonds is 6. The molecule has 2 atom stereocenters. The van der Waals surface area contributed by atoms with Crippen molar-refractivity contribution in [3.8, 4) is 0 Å². The lowest BCUT2D eigenvalue weighted by molar-refractivity contribution is 0.0174. The van der Waals surface area contributed by atoms with E-state index in [9.17, 15) is 0 Å². The second-order valence-corrected chi connectivity index (χ2v) is 8.79. The minimum Gasteiger partial charge on any atom is -0.469 e. The highest BCUT2D eigenvalue weighted by Gasteiger charge is 2.31. The molecule has 30 heavy (non-hydrogen) atoms. The van der Waals surface area contributed by atoms with Gasteiger partial charge in [-0.3, -0.25) is 14.8 Å². The number of nitrogens with zero attached hydrogens (tertiary/aromatic N) is 3. The van der Waals surface area contributed by atoms with Gasteiger partial charge in [-0.05, 0) is 42.5 Å². The van der Waals surface area contributed by atoms with Crippen LogP contribution in [0.15, 0.2) is 52.1 Å². The standard InChI is InChI=1S/C24H33N5O/c1-2-5-20-16-21(8-7-19(20)4-1)27-24(25-10-9-23-6-3-15-30-23)26-17-22-18-28-11-13-29(22)14-12-28/h1-6,15,21-22H,7-14,16-18H2,(H2,25,26,27). The van der Waals surface area contributed by atoms with Crippen molar-refractivity contribution < 1.29 is 4.42 Å². The number of benzene rings is 1. The smallest absolute Gasteiger partial charge is 0.191 e. The fourth-order valence-corrected chi connectivity index (χ4v) is 5.02. The second kappa shape index (κ2) is 9.23. The predicted molar refractivity (Wildman–Crippen MR) is 120 cm³/mol. The van der Waals surface area contributed by atoms with Crippen molar-refractivity contribution in [2.45, 2.75) is 37.8 Å². The number of piperazine rings is 3. The van der Waals surface area contributed by atoms with Gasteiger partial charge in [0, 0.05) is 57.8 Å². The molecule has 3 aliphatic heterocycles. The normalized spacial score (nSPS) is 28.2. The highest BCUT2D eigenvalue weighted by atomic mass is 16.3. The summed E-state index contributed by atoms with van der Waals surface area (Å²) < 4.78 is 5.48. The Labute approximate surface area is 179 Å². The third-order valence-electron chi connectivity index (χ3n) is 6.78. The summed E-state index contributed by atoms with van der Waals surface area (Å²) in [5.41, 5.74) is 2.97. The van der Waals surface area contributed by atoms with Crippen LogP contribution in [0.5, 0.6) is 0 Å². The van der Waals surface area contributed by atoms with Crippen molar-refractivity contribution in [1.29, 1.82) is 0 Å². The summed E-state index contributed by atoms with van der Waals surface area (Å²) in [7, 11) is 0. The summed E-state index contributed by atoms with van der Waals surface area (Å²) in [6.07, 6.45) is 5.96. The topological polar surface area (TPSA) is 56.0 Å². The van der Waals surface area contributed by atoms with Gasteiger partial charge in [-0.1, -0.05) is 24.3 Å². The van der Waals surface area contributed by atoms with E-state index < -0.39 is 0 Å². The summed E-state index contributed by atoms with van der Waals surface area (Å²) in [5.74, 6) is 1.96. The monoisotopic (exact) mass is 407 g/mol. The lowest BCUT2D eigenvalue weighted by Crippen LogP contribution is -2.62. The van der Waals surface area contributed by atoms with Gasteiger partial charge in [0.2, 0.25) is 0 Å². The molecule has 0 spiro atoms. The molecule has 3 fully saturated rings. The Morgan fingerprint density at radius 2 is 1.93 bits per heavy atom. The molecular formula is C24H33N5O. The van der Waals surface area contributed by atoms with E-state index in [4.69, 9.17) is 9.41 Å². The van der Waals surface area contributed by atoms with Crippen molar-refractivity contribution in [2.24, 2.45) is 4.99 Å². The van der Waals surface area contributed by atoms with Crippen molar-refractivity contribution >= 4 is 5.96 Å². The first kappa shape index (κ1) is 19.6. The van der Waals surface area contributed by atoms with Gasteiger partial charge in [0.1, 0.15) is 5.76 Å². The molecule has 6 heteroatoms. The molecule has 160 valence electrons. The van der Waals surface area contributed by atoms with Crippen LogP contribution in [-0.2, 0) is 19.3 Å². The number of furan rings is 1. The fraction of sp³-hybridized carbons (Fsp3) is 0.542. The number of hydrogen-bond donors (Lipinski definition) is 2. The summed E-state index contributed by atoms with van der Waals surface area (Å²) in [6.45, 7) is 7.64. The maximum Gasteiger partial charge on any atom is 0.191 e. The van der Waals surface area contributed by atoms with Crippen molar-refractivity contribution in [3.63, 3.8) is 0 Å². The average Bonchev–Trinajstić information content (AvgIpc) is 3.32. The Bertz CT molecular complexity index is 841. The third kappa shape index (κ3) is 4.71. The molecule has 4 heterocycles. The van der Waals surface area contributed by atoms with Gasteiger partial charge in [-0.25, -0.2) is 0 Å². The Balaban J connectivity index is 1.22. The molecule has 0 amide bonds. The van der Waals surface area contributed by atoms with Crippen LogP contribution in [0, 0.1) is 0 Å². The highest BCUT2D eigenvalue weighted by molar-refractivity contribution is 5.80. The van der Waals surface area contributed by atoms with E-state index in [1.807, 2.05) is 12.1 Å². The Morgan fingerprint density at radius 1 is 1.07 bits per heavy atom. The van der Waals surface area contributed by atoms with Gasteiger partial charge in [-0.2, -0.15) is 0 Å². The van der Waals surface area contributed by atoms with Crippen LogP contribution in [0.25, 0.3) is 0 Å². The zero-order valence-corrected chi connectivity index (χ0v) is 17.7. The van der Waals surface area contributed by atoms with Gasteiger partial charge in [-0.15, -0.1) is 0 Å². The molecule has 1 aromatic carbocycles. The van der Waals surface area contributed by atoms with Crippen LogP contribution >= 0.6 is 0 Å². The number of aliphatic imine (C=N–C) groups is 1. The van der Waals surface area contributed by atoms with Crippen LogP contribution < -0.4 is 10.6 Å². The van der Waals surface area contributed by atoms with E-state index in [1.54, 1.807) is 6.26 Å². The van der Waals surface area contributed by atoms with Crippen molar-refractivity contribution in [2.75, 3.05) is 45.8 Å². The largest absolute Gasteiger partial charge is 0.469 e. The van der Waals surface area contributed by atoms with E-state index in [0.717, 1.165) is 57.0 Å². The molecule has 1 aliphatic carbocycles. The molecule has 4 aliphatic rings. The third-order valence-corrected chi connectivity index (χ3v) is 6.78. The molecule has 3 saturated heterocycles. The first-order valence-corrected chi connectivity index (χ1v) is 11.4. The summed E-state index contributed by atoms with van der Waals surface area (Å²) in [6, 6.07) is 13.8. The Morgan fingerprint density at radius 3 is 2.70 bits per heavy atom. The minimum absolute atomic E-state index is 0.432. The van der Waals surface area contributed by atoms with Crippen LogP contribution in [0.2, 0.25) is 0 Å². The molecule has 2 aromatic rings. The molecule has 0 radical (unpaired) electrons. The SMILES string of the molecule is c1coc(CCNC(=NCC2CN3CCN2CC3)NC2CCc3ccccc3C2)c1. The lowest BCUT2D eigenvalue weighted by atomic mass is 9.88. The fourth-order valence-electron chi connectivity index (χ4n) is 5.02. The number of guanidine groups is 1. The first-order valence-electron chi connectivity index (χ1n) is 11.4. The zero-order valence-electron chi connectivity index (χ0n) is 17.7. The van der Waals surface area contributed by atoms with E-state index in [-0.39, 0.29) is 0 Å². The number of hydrogen-bond acceptors (Lipinski definition) is 4. The molecule has 6 rings (SSSR count). The van der Waals surface area contributed by atoms with Gasteiger partial charge in [0.15, 0.2) is 5.96 Å². The number of fused-ring (bicyclic) bond motifs is 4. The van der Waals surface area contributed by atoms with Crippen molar-refractivity contribution in [1.82, 2.24) is 20.4 Å². The second-order valence-electron chi connectivity index (χ2n) is 8.79. The van der Waals surface area contributed by atoms with Gasteiger partial charge in [0.05, 0.1) is 12.8 Å². The van der Waals surface area contributed by atoms with Crippen LogP contribution in [0.3, 0.4) is 0 Å². The molecule has 1 aromatic heterocycles. The minimum atomic E-state index is 0.432. The average molecular weight is 408 g/mol. The molecule has 2 N–H and O–H groups in total. The van der Waals surface area contributed by atoms with Crippen LogP contribution in [-0.4, -0.2) is 73.7 Å². The van der Waals surface area contributed by atoms with E-state index in [2.05, 4.69) is 44.7 Å². The summed E-state index contributed by atoms with van der Waals surface area (Å²) >= 11 is 0. The summed E-state index contributed by atoms with van der Waals surface area (Å²) in [5, 5.41) is 7.30. The Kier molecular flexibility index (Phi) is 6.04. The van der Waals surface area contributed by atoms with Crippen LogP contribution in [0.4, 0.5) is 0 Å². The highest BCUT2D eigenvalue weighted by Crippen LogP contribution is 2.21. The summed E-state index contributed by atoms with van der Waals surface area (Å²) in [4.78, 5) is 10.2. The van der Waals surface area contributed by atoms with E-state index >= 15 is 0 Å². The Hall–Kier alpha value is -2.31. The molecular weight excluding hydrogens is 374 g/mol. The first-order chi connectivity index (χ1) is 14.8. The predicted octanol–water partition coefficient (Wildman–Crippen LogP) is 1.91. The van der Waals surface area contributed by atoms with Gasteiger partial charge in [0.25, 0.3) is 0 Å². The van der Waals surface area contributed by atoms with Crippen LogP contribution in [0.1, 0.15) is 23.3 Å². The zero-order chi connectivity index (χ0) is 20.2. The molecule has 0 saturated carbocycles. The quantitative estimate of drug-likeness (QED) is 0.566. The number of aryl methyl sites for hydroxylation is 1. The maximum atomic E-state index is 5.48. The molecule has 6 nitrogen and oxygen atoms in total. The van der Waals surface area contributed by atoms with Gasteiger partial charge >= 0.3 is 0 Å².